The zero-order valence-electron chi connectivity index (χ0n) is 11.4. The van der Waals surface area contributed by atoms with Crippen LogP contribution >= 0.6 is 0 Å². The molecule has 0 rings (SSSR count). The summed E-state index contributed by atoms with van der Waals surface area (Å²) in [5, 5.41) is 0. The van der Waals surface area contributed by atoms with Crippen molar-refractivity contribution in [3.63, 3.8) is 0 Å². The van der Waals surface area contributed by atoms with Crippen molar-refractivity contribution in [2.24, 2.45) is 11.1 Å². The third-order valence-electron chi connectivity index (χ3n) is 3.64. The van der Waals surface area contributed by atoms with Crippen LogP contribution in [0.4, 0.5) is 0 Å². The molecule has 0 aliphatic carbocycles. The van der Waals surface area contributed by atoms with Gasteiger partial charge in [-0.1, -0.05) is 33.6 Å². The van der Waals surface area contributed by atoms with Crippen LogP contribution in [-0.4, -0.2) is 30.9 Å². The summed E-state index contributed by atoms with van der Waals surface area (Å²) in [6.45, 7) is 7.58. The van der Waals surface area contributed by atoms with E-state index in [0.717, 1.165) is 25.8 Å². The molecule has 2 N–H and O–H groups in total. The molecular formula is C13H28N2O. The van der Waals surface area contributed by atoms with Gasteiger partial charge in [0.15, 0.2) is 0 Å². The Balaban J connectivity index is 4.37. The predicted octanol–water partition coefficient (Wildman–Crippen LogP) is 2.40. The lowest BCUT2D eigenvalue weighted by Crippen LogP contribution is -2.46. The lowest BCUT2D eigenvalue weighted by atomic mass is 9.81. The van der Waals surface area contributed by atoms with E-state index < -0.39 is 0 Å². The van der Waals surface area contributed by atoms with E-state index in [2.05, 4.69) is 6.92 Å². The summed E-state index contributed by atoms with van der Waals surface area (Å²) in [6.07, 6.45) is 5.12. The van der Waals surface area contributed by atoms with Crippen LogP contribution in [0.25, 0.3) is 0 Å². The molecule has 0 bridgehead atoms. The van der Waals surface area contributed by atoms with Crippen molar-refractivity contribution in [3.8, 4) is 0 Å². The number of hydrogen-bond acceptors (Lipinski definition) is 2. The molecule has 3 heteroatoms. The summed E-state index contributed by atoms with van der Waals surface area (Å²) in [6, 6.07) is 0. The molecule has 3 nitrogen and oxygen atoms in total. The summed E-state index contributed by atoms with van der Waals surface area (Å²) in [7, 11) is 1.90. The summed E-state index contributed by atoms with van der Waals surface area (Å²) < 4.78 is 0. The lowest BCUT2D eigenvalue weighted by molar-refractivity contribution is -0.140. The predicted molar refractivity (Wildman–Crippen MR) is 69.2 cm³/mol. The fraction of sp³-hybridized carbons (Fsp3) is 0.923. The Morgan fingerprint density at radius 2 is 1.75 bits per heavy atom. The number of nitrogens with two attached hydrogens (primary N) is 1. The van der Waals surface area contributed by atoms with Gasteiger partial charge in [0.2, 0.25) is 5.91 Å². The van der Waals surface area contributed by atoms with Gasteiger partial charge >= 0.3 is 0 Å². The van der Waals surface area contributed by atoms with Crippen LogP contribution < -0.4 is 5.73 Å². The van der Waals surface area contributed by atoms with Crippen molar-refractivity contribution < 1.29 is 4.79 Å². The van der Waals surface area contributed by atoms with Gasteiger partial charge in [-0.15, -0.1) is 0 Å². The van der Waals surface area contributed by atoms with Crippen LogP contribution in [0.5, 0.6) is 0 Å². The van der Waals surface area contributed by atoms with Gasteiger partial charge in [0.1, 0.15) is 0 Å². The largest absolute Gasteiger partial charge is 0.345 e. The van der Waals surface area contributed by atoms with E-state index in [4.69, 9.17) is 5.73 Å². The van der Waals surface area contributed by atoms with Crippen LogP contribution in [-0.2, 0) is 4.79 Å². The third-order valence-corrected chi connectivity index (χ3v) is 3.64. The third kappa shape index (κ3) is 3.78. The zero-order chi connectivity index (χ0) is 12.6. The molecule has 96 valence electrons. The second-order valence-corrected chi connectivity index (χ2v) is 4.63. The normalized spacial score (nSPS) is 11.6. The van der Waals surface area contributed by atoms with E-state index in [1.165, 1.54) is 12.8 Å². The minimum Gasteiger partial charge on any atom is -0.345 e. The Kier molecular flexibility index (Phi) is 7.39. The van der Waals surface area contributed by atoms with Crippen LogP contribution in [0.15, 0.2) is 0 Å². The van der Waals surface area contributed by atoms with Gasteiger partial charge < -0.3 is 10.6 Å². The summed E-state index contributed by atoms with van der Waals surface area (Å²) in [4.78, 5) is 14.2. The monoisotopic (exact) mass is 228 g/mol. The molecule has 0 saturated heterocycles. The van der Waals surface area contributed by atoms with Crippen molar-refractivity contribution in [1.29, 1.82) is 0 Å². The minimum absolute atomic E-state index is 0.219. The zero-order valence-corrected chi connectivity index (χ0v) is 11.4. The number of carbonyl (C=O) groups excluding carboxylic acids is 1. The highest BCUT2D eigenvalue weighted by Gasteiger charge is 2.35. The first-order valence-corrected chi connectivity index (χ1v) is 6.53. The second kappa shape index (κ2) is 7.66. The van der Waals surface area contributed by atoms with Crippen molar-refractivity contribution in [2.45, 2.75) is 52.9 Å². The maximum Gasteiger partial charge on any atom is 0.229 e. The molecule has 0 aliphatic rings. The van der Waals surface area contributed by atoms with E-state index in [0.29, 0.717) is 6.54 Å². The molecule has 0 unspecified atom stereocenters. The van der Waals surface area contributed by atoms with Crippen molar-refractivity contribution in [1.82, 2.24) is 4.90 Å². The number of unbranched alkanes of at least 4 members (excludes halogenated alkanes) is 2. The Labute approximate surface area is 100 Å². The standard InChI is InChI=1S/C13H28N2O/c1-5-8-9-10-15(4)12(16)13(6-2,7-3)11-14/h5-11,14H2,1-4H3. The number of amides is 1. The quantitative estimate of drug-likeness (QED) is 0.648. The van der Waals surface area contributed by atoms with Gasteiger partial charge in [0.25, 0.3) is 0 Å². The van der Waals surface area contributed by atoms with E-state index >= 15 is 0 Å². The molecule has 1 amide bonds. The molecule has 16 heavy (non-hydrogen) atoms. The Morgan fingerprint density at radius 3 is 2.12 bits per heavy atom. The highest BCUT2D eigenvalue weighted by molar-refractivity contribution is 5.82. The highest BCUT2D eigenvalue weighted by atomic mass is 16.2. The fourth-order valence-electron chi connectivity index (χ4n) is 2.03. The van der Waals surface area contributed by atoms with Crippen LogP contribution in [0.1, 0.15) is 52.9 Å². The molecule has 0 heterocycles. The molecule has 0 spiro atoms. The summed E-state index contributed by atoms with van der Waals surface area (Å²) >= 11 is 0. The van der Waals surface area contributed by atoms with Crippen LogP contribution in [0.2, 0.25) is 0 Å². The average molecular weight is 228 g/mol. The number of rotatable bonds is 8. The summed E-state index contributed by atoms with van der Waals surface area (Å²) in [5.41, 5.74) is 5.44. The minimum atomic E-state index is -0.332. The van der Waals surface area contributed by atoms with Crippen molar-refractivity contribution >= 4 is 5.91 Å². The maximum absolute atomic E-state index is 12.3. The molecule has 0 aromatic rings. The van der Waals surface area contributed by atoms with E-state index in [1.54, 1.807) is 0 Å². The average Bonchev–Trinajstić information content (AvgIpc) is 2.32. The van der Waals surface area contributed by atoms with Gasteiger partial charge in [-0.2, -0.15) is 0 Å². The van der Waals surface area contributed by atoms with Gasteiger partial charge in [0.05, 0.1) is 5.41 Å². The molecule has 0 saturated carbocycles. The Morgan fingerprint density at radius 1 is 1.19 bits per heavy atom. The first-order valence-electron chi connectivity index (χ1n) is 6.53. The maximum atomic E-state index is 12.3. The van der Waals surface area contributed by atoms with E-state index in [-0.39, 0.29) is 11.3 Å². The second-order valence-electron chi connectivity index (χ2n) is 4.63. The Bertz CT molecular complexity index is 192. The molecule has 0 aromatic heterocycles. The first kappa shape index (κ1) is 15.4. The van der Waals surface area contributed by atoms with Crippen molar-refractivity contribution in [3.05, 3.63) is 0 Å². The van der Waals surface area contributed by atoms with Gasteiger partial charge in [0, 0.05) is 20.1 Å². The molecular weight excluding hydrogens is 200 g/mol. The van der Waals surface area contributed by atoms with Crippen LogP contribution in [0, 0.1) is 5.41 Å². The molecule has 0 radical (unpaired) electrons. The highest BCUT2D eigenvalue weighted by Crippen LogP contribution is 2.27. The van der Waals surface area contributed by atoms with Crippen molar-refractivity contribution in [2.75, 3.05) is 20.1 Å². The van der Waals surface area contributed by atoms with E-state index in [9.17, 15) is 4.79 Å². The summed E-state index contributed by atoms with van der Waals surface area (Å²) in [5.74, 6) is 0.219. The number of carbonyl (C=O) groups is 1. The molecule has 0 aromatic carbocycles. The number of hydrogen-bond donors (Lipinski definition) is 1. The lowest BCUT2D eigenvalue weighted by Gasteiger charge is -2.33. The van der Waals surface area contributed by atoms with Gasteiger partial charge in [-0.25, -0.2) is 0 Å². The molecule has 0 fully saturated rings. The van der Waals surface area contributed by atoms with E-state index in [1.807, 2.05) is 25.8 Å². The first-order chi connectivity index (χ1) is 7.57. The Hall–Kier alpha value is -0.570. The molecule has 0 aliphatic heterocycles. The molecule has 0 atom stereocenters. The smallest absolute Gasteiger partial charge is 0.229 e. The SMILES string of the molecule is CCCCCN(C)C(=O)C(CC)(CC)CN. The van der Waals surface area contributed by atoms with Gasteiger partial charge in [-0.3, -0.25) is 4.79 Å². The fourth-order valence-corrected chi connectivity index (χ4v) is 2.03. The number of nitrogens with zero attached hydrogens (tertiary/aromatic N) is 1. The topological polar surface area (TPSA) is 46.3 Å². The van der Waals surface area contributed by atoms with Gasteiger partial charge in [-0.05, 0) is 19.3 Å². The van der Waals surface area contributed by atoms with Crippen LogP contribution in [0.3, 0.4) is 0 Å².